The Morgan fingerprint density at radius 3 is 2.84 bits per heavy atom. The fourth-order valence-corrected chi connectivity index (χ4v) is 1.79. The summed E-state index contributed by atoms with van der Waals surface area (Å²) in [7, 11) is 0. The topological polar surface area (TPSA) is 61.0 Å². The molecule has 4 nitrogen and oxygen atoms in total. The number of nitrogens with zero attached hydrogens (tertiary/aromatic N) is 2. The molecule has 2 aromatic rings. The van der Waals surface area contributed by atoms with Crippen molar-refractivity contribution in [3.63, 3.8) is 0 Å². The molecule has 1 heterocycles. The summed E-state index contributed by atoms with van der Waals surface area (Å²) >= 11 is 0. The van der Waals surface area contributed by atoms with Crippen LogP contribution in [0, 0.1) is 12.7 Å². The third-order valence-corrected chi connectivity index (χ3v) is 2.80. The lowest BCUT2D eigenvalue weighted by molar-refractivity contribution is 0.419. The van der Waals surface area contributed by atoms with Crippen LogP contribution in [-0.4, -0.2) is 9.97 Å². The van der Waals surface area contributed by atoms with Crippen LogP contribution < -0.4 is 10.5 Å². The summed E-state index contributed by atoms with van der Waals surface area (Å²) < 4.78 is 19.5. The minimum atomic E-state index is -0.387. The smallest absolute Gasteiger partial charge is 0.227 e. The van der Waals surface area contributed by atoms with Crippen molar-refractivity contribution >= 4 is 5.82 Å². The number of benzene rings is 1. The van der Waals surface area contributed by atoms with E-state index in [0.29, 0.717) is 29.2 Å². The van der Waals surface area contributed by atoms with Gasteiger partial charge in [-0.25, -0.2) is 14.4 Å². The molecule has 19 heavy (non-hydrogen) atoms. The van der Waals surface area contributed by atoms with E-state index in [0.717, 1.165) is 6.42 Å². The average molecular weight is 261 g/mol. The minimum absolute atomic E-state index is 0.149. The van der Waals surface area contributed by atoms with Crippen molar-refractivity contribution in [1.82, 2.24) is 9.97 Å². The van der Waals surface area contributed by atoms with Gasteiger partial charge >= 0.3 is 0 Å². The second-order valence-electron chi connectivity index (χ2n) is 4.28. The van der Waals surface area contributed by atoms with E-state index in [1.54, 1.807) is 25.1 Å². The zero-order chi connectivity index (χ0) is 13.8. The van der Waals surface area contributed by atoms with Gasteiger partial charge in [0.2, 0.25) is 5.88 Å². The van der Waals surface area contributed by atoms with Gasteiger partial charge < -0.3 is 10.5 Å². The molecular formula is C14H16FN3O. The first-order chi connectivity index (χ1) is 9.13. The van der Waals surface area contributed by atoms with Crippen LogP contribution in [0.3, 0.4) is 0 Å². The van der Waals surface area contributed by atoms with Gasteiger partial charge in [0.25, 0.3) is 0 Å². The predicted molar refractivity (Wildman–Crippen MR) is 71.7 cm³/mol. The molecule has 0 spiro atoms. The first-order valence-electron chi connectivity index (χ1n) is 6.15. The Morgan fingerprint density at radius 2 is 2.11 bits per heavy atom. The number of ether oxygens (including phenoxy) is 1. The molecule has 0 bridgehead atoms. The van der Waals surface area contributed by atoms with E-state index < -0.39 is 0 Å². The van der Waals surface area contributed by atoms with E-state index in [1.807, 2.05) is 6.92 Å². The van der Waals surface area contributed by atoms with Gasteiger partial charge in [-0.05, 0) is 25.0 Å². The van der Waals surface area contributed by atoms with E-state index in [2.05, 4.69) is 9.97 Å². The number of nitrogens with two attached hydrogens (primary N) is 1. The zero-order valence-electron chi connectivity index (χ0n) is 11.0. The number of anilines is 1. The van der Waals surface area contributed by atoms with Gasteiger partial charge in [-0.3, -0.25) is 0 Å². The molecule has 0 aliphatic rings. The van der Waals surface area contributed by atoms with Crippen LogP contribution in [0.1, 0.15) is 24.5 Å². The number of aromatic nitrogens is 2. The van der Waals surface area contributed by atoms with Crippen LogP contribution in [0.15, 0.2) is 24.5 Å². The van der Waals surface area contributed by atoms with Crippen molar-refractivity contribution in [2.45, 2.75) is 26.7 Å². The lowest BCUT2D eigenvalue weighted by Crippen LogP contribution is -2.03. The highest BCUT2D eigenvalue weighted by Crippen LogP contribution is 2.29. The highest BCUT2D eigenvalue weighted by atomic mass is 19.1. The summed E-state index contributed by atoms with van der Waals surface area (Å²) in [6, 6.07) is 4.98. The number of halogens is 1. The predicted octanol–water partition coefficient (Wildman–Crippen LogP) is 3.25. The van der Waals surface area contributed by atoms with Gasteiger partial charge in [-0.15, -0.1) is 0 Å². The first kappa shape index (κ1) is 13.3. The molecule has 2 rings (SSSR count). The van der Waals surface area contributed by atoms with E-state index >= 15 is 0 Å². The second kappa shape index (κ2) is 5.65. The summed E-state index contributed by atoms with van der Waals surface area (Å²) in [6.07, 6.45) is 2.89. The molecule has 0 amide bonds. The van der Waals surface area contributed by atoms with Crippen LogP contribution in [-0.2, 0) is 6.42 Å². The van der Waals surface area contributed by atoms with Crippen molar-refractivity contribution in [2.75, 3.05) is 5.73 Å². The van der Waals surface area contributed by atoms with Crippen molar-refractivity contribution in [3.05, 3.63) is 41.5 Å². The number of nitrogen functional groups attached to an aromatic ring is 1. The second-order valence-corrected chi connectivity index (χ2v) is 4.28. The summed E-state index contributed by atoms with van der Waals surface area (Å²) in [5.74, 6) is 0.455. The molecule has 0 aliphatic heterocycles. The molecule has 0 radical (unpaired) electrons. The summed E-state index contributed by atoms with van der Waals surface area (Å²) in [4.78, 5) is 7.98. The Balaban J connectivity index is 2.38. The Hall–Kier alpha value is -2.17. The number of rotatable bonds is 4. The molecule has 0 saturated heterocycles. The van der Waals surface area contributed by atoms with Gasteiger partial charge in [0.05, 0.1) is 5.56 Å². The molecule has 100 valence electrons. The molecule has 0 fully saturated rings. The van der Waals surface area contributed by atoms with Gasteiger partial charge in [0.15, 0.2) is 11.6 Å². The summed E-state index contributed by atoms with van der Waals surface area (Å²) in [6.45, 7) is 3.70. The van der Waals surface area contributed by atoms with Crippen LogP contribution in [0.2, 0.25) is 0 Å². The normalized spacial score (nSPS) is 10.5. The van der Waals surface area contributed by atoms with Crippen LogP contribution in [0.25, 0.3) is 0 Å². The van der Waals surface area contributed by atoms with Gasteiger partial charge in [-0.1, -0.05) is 25.5 Å². The molecule has 1 aromatic heterocycles. The lowest BCUT2D eigenvalue weighted by Gasteiger charge is -2.11. The molecule has 2 N–H and O–H groups in total. The lowest BCUT2D eigenvalue weighted by atomic mass is 10.2. The fourth-order valence-electron chi connectivity index (χ4n) is 1.79. The van der Waals surface area contributed by atoms with Crippen molar-refractivity contribution < 1.29 is 9.13 Å². The first-order valence-corrected chi connectivity index (χ1v) is 6.15. The third kappa shape index (κ3) is 2.81. The van der Waals surface area contributed by atoms with E-state index in [-0.39, 0.29) is 11.6 Å². The fraction of sp³-hybridized carbons (Fsp3) is 0.286. The van der Waals surface area contributed by atoms with E-state index in [1.165, 1.54) is 6.33 Å². The summed E-state index contributed by atoms with van der Waals surface area (Å²) in [5, 5.41) is 0. The summed E-state index contributed by atoms with van der Waals surface area (Å²) in [5.41, 5.74) is 7.04. The number of hydrogen-bond donors (Lipinski definition) is 1. The van der Waals surface area contributed by atoms with Crippen LogP contribution in [0.4, 0.5) is 10.2 Å². The Morgan fingerprint density at radius 1 is 1.32 bits per heavy atom. The van der Waals surface area contributed by atoms with Gasteiger partial charge in [0, 0.05) is 0 Å². The molecule has 0 aliphatic carbocycles. The molecule has 0 atom stereocenters. The maximum absolute atomic E-state index is 13.9. The maximum Gasteiger partial charge on any atom is 0.227 e. The van der Waals surface area contributed by atoms with Crippen LogP contribution in [0.5, 0.6) is 11.6 Å². The van der Waals surface area contributed by atoms with Crippen molar-refractivity contribution in [3.8, 4) is 11.6 Å². The molecule has 0 unspecified atom stereocenters. The van der Waals surface area contributed by atoms with Gasteiger partial charge in [-0.2, -0.15) is 0 Å². The quantitative estimate of drug-likeness (QED) is 0.917. The third-order valence-electron chi connectivity index (χ3n) is 2.80. The SMILES string of the molecule is CCCc1c(N)ncnc1Oc1cccc(C)c1F. The van der Waals surface area contributed by atoms with Crippen LogP contribution >= 0.6 is 0 Å². The van der Waals surface area contributed by atoms with E-state index in [9.17, 15) is 4.39 Å². The largest absolute Gasteiger partial charge is 0.435 e. The number of aryl methyl sites for hydroxylation is 1. The van der Waals surface area contributed by atoms with Crippen molar-refractivity contribution in [2.24, 2.45) is 0 Å². The zero-order valence-corrected chi connectivity index (χ0v) is 11.0. The van der Waals surface area contributed by atoms with E-state index in [4.69, 9.17) is 10.5 Å². The number of hydrogen-bond acceptors (Lipinski definition) is 4. The maximum atomic E-state index is 13.9. The standard InChI is InChI=1S/C14H16FN3O/c1-3-5-10-13(16)17-8-18-14(10)19-11-7-4-6-9(2)12(11)15/h4,6-8H,3,5H2,1-2H3,(H2,16,17,18). The molecule has 5 heteroatoms. The minimum Gasteiger partial charge on any atom is -0.435 e. The Bertz CT molecular complexity index is 587. The van der Waals surface area contributed by atoms with Crippen molar-refractivity contribution in [1.29, 1.82) is 0 Å². The highest BCUT2D eigenvalue weighted by Gasteiger charge is 2.13. The highest BCUT2D eigenvalue weighted by molar-refractivity contribution is 5.46. The average Bonchev–Trinajstić information content (AvgIpc) is 2.39. The molecular weight excluding hydrogens is 245 g/mol. The Kier molecular flexibility index (Phi) is 3.94. The Labute approximate surface area is 111 Å². The molecule has 0 saturated carbocycles. The molecule has 1 aromatic carbocycles. The van der Waals surface area contributed by atoms with Gasteiger partial charge in [0.1, 0.15) is 12.1 Å². The monoisotopic (exact) mass is 261 g/mol.